The van der Waals surface area contributed by atoms with Gasteiger partial charge in [-0.3, -0.25) is 9.69 Å². The second kappa shape index (κ2) is 9.52. The number of benzene rings is 3. The summed E-state index contributed by atoms with van der Waals surface area (Å²) in [6, 6.07) is 24.2. The van der Waals surface area contributed by atoms with Crippen LogP contribution >= 0.6 is 0 Å². The van der Waals surface area contributed by atoms with E-state index in [-0.39, 0.29) is 30.0 Å². The molecule has 2 atom stereocenters. The molecule has 0 N–H and O–H groups in total. The summed E-state index contributed by atoms with van der Waals surface area (Å²) < 4.78 is 11.8. The first-order valence-electron chi connectivity index (χ1n) is 12.7. The average molecular weight is 495 g/mol. The number of amides is 2. The van der Waals surface area contributed by atoms with Gasteiger partial charge in [0.15, 0.2) is 0 Å². The highest BCUT2D eigenvalue weighted by atomic mass is 16.6. The van der Waals surface area contributed by atoms with E-state index in [9.17, 15) is 9.59 Å². The Hall–Kier alpha value is -3.90. The van der Waals surface area contributed by atoms with Crippen molar-refractivity contribution >= 4 is 17.6 Å². The van der Waals surface area contributed by atoms with Crippen molar-refractivity contribution in [3.63, 3.8) is 0 Å². The first-order chi connectivity index (χ1) is 18.0. The fraction of sp³-hybridized carbons (Fsp3) is 0.290. The molecule has 2 amide bonds. The summed E-state index contributed by atoms with van der Waals surface area (Å²) in [5.74, 6) is 0.0163. The normalized spacial score (nSPS) is 20.1. The lowest BCUT2D eigenvalue weighted by Crippen LogP contribution is -2.56. The Labute approximate surface area is 217 Å². The molecule has 0 radical (unpaired) electrons. The topological polar surface area (TPSA) is 59.1 Å². The molecule has 3 aromatic carbocycles. The zero-order valence-corrected chi connectivity index (χ0v) is 21.1. The molecule has 0 spiro atoms. The molecule has 0 saturated carbocycles. The maximum atomic E-state index is 13.4. The van der Waals surface area contributed by atoms with Crippen LogP contribution in [0.4, 0.5) is 4.79 Å². The second-order valence-electron chi connectivity index (χ2n) is 10.1. The lowest BCUT2D eigenvalue weighted by atomic mass is 9.89. The first kappa shape index (κ1) is 23.5. The highest BCUT2D eigenvalue weighted by Gasteiger charge is 2.40. The zero-order valence-electron chi connectivity index (χ0n) is 21.1. The predicted octanol–water partition coefficient (Wildman–Crippen LogP) is 5.19. The Balaban J connectivity index is 1.19. The Morgan fingerprint density at radius 3 is 2.19 bits per heavy atom. The molecule has 2 heterocycles. The maximum absolute atomic E-state index is 13.4. The summed E-state index contributed by atoms with van der Waals surface area (Å²) in [6.45, 7) is 1.23. The van der Waals surface area contributed by atoms with Crippen molar-refractivity contribution < 1.29 is 19.1 Å². The predicted molar refractivity (Wildman–Crippen MR) is 142 cm³/mol. The van der Waals surface area contributed by atoms with Crippen LogP contribution in [0.2, 0.25) is 0 Å². The molecule has 2 aliphatic heterocycles. The van der Waals surface area contributed by atoms with Gasteiger partial charge in [-0.25, -0.2) is 4.79 Å². The highest BCUT2D eigenvalue weighted by molar-refractivity contribution is 5.94. The van der Waals surface area contributed by atoms with Crippen molar-refractivity contribution in [3.05, 3.63) is 101 Å². The Kier molecular flexibility index (Phi) is 6.05. The van der Waals surface area contributed by atoms with Crippen molar-refractivity contribution in [1.29, 1.82) is 0 Å². The average Bonchev–Trinajstić information content (AvgIpc) is 3.24. The molecular weight excluding hydrogens is 464 g/mol. The third-order valence-electron chi connectivity index (χ3n) is 7.65. The van der Waals surface area contributed by atoms with Gasteiger partial charge in [-0.1, -0.05) is 66.7 Å². The van der Waals surface area contributed by atoms with Gasteiger partial charge in [-0.15, -0.1) is 0 Å². The Morgan fingerprint density at radius 1 is 0.919 bits per heavy atom. The van der Waals surface area contributed by atoms with Crippen LogP contribution in [-0.4, -0.2) is 67.8 Å². The van der Waals surface area contributed by atoms with E-state index in [0.29, 0.717) is 31.8 Å². The summed E-state index contributed by atoms with van der Waals surface area (Å²) in [6.07, 6.45) is 2.50. The lowest BCUT2D eigenvalue weighted by Gasteiger charge is -2.44. The van der Waals surface area contributed by atoms with Gasteiger partial charge in [0.1, 0.15) is 6.61 Å². The molecule has 2 bridgehead atoms. The minimum Gasteiger partial charge on any atom is -0.448 e. The van der Waals surface area contributed by atoms with Crippen LogP contribution in [0.1, 0.15) is 39.4 Å². The van der Waals surface area contributed by atoms with E-state index in [0.717, 1.165) is 5.56 Å². The number of fused-ring (bicyclic) bond motifs is 5. The fourth-order valence-corrected chi connectivity index (χ4v) is 5.85. The van der Waals surface area contributed by atoms with Crippen molar-refractivity contribution in [3.8, 4) is 11.1 Å². The van der Waals surface area contributed by atoms with E-state index >= 15 is 0 Å². The van der Waals surface area contributed by atoms with E-state index in [2.05, 4.69) is 42.5 Å². The number of hydrogen-bond acceptors (Lipinski definition) is 4. The molecule has 3 aliphatic rings. The van der Waals surface area contributed by atoms with Gasteiger partial charge < -0.3 is 14.4 Å². The third-order valence-corrected chi connectivity index (χ3v) is 7.65. The van der Waals surface area contributed by atoms with Crippen LogP contribution in [0.3, 0.4) is 0 Å². The molecule has 6 nitrogen and oxygen atoms in total. The SMILES string of the molecule is CN(C)C(=O)c1ccc(C2=CC3COCC(C2)N3C(=O)OCC2c3ccccc3-c3ccccc32)cc1. The van der Waals surface area contributed by atoms with E-state index < -0.39 is 0 Å². The Morgan fingerprint density at radius 2 is 1.57 bits per heavy atom. The summed E-state index contributed by atoms with van der Waals surface area (Å²) in [5.41, 5.74) is 7.74. The Bertz CT molecular complexity index is 1330. The van der Waals surface area contributed by atoms with Crippen LogP contribution in [-0.2, 0) is 9.47 Å². The third kappa shape index (κ3) is 4.21. The number of nitrogens with zero attached hydrogens (tertiary/aromatic N) is 2. The maximum Gasteiger partial charge on any atom is 0.410 e. The number of carbonyl (C=O) groups is 2. The van der Waals surface area contributed by atoms with Crippen LogP contribution in [0.15, 0.2) is 78.9 Å². The second-order valence-corrected chi connectivity index (χ2v) is 10.1. The van der Waals surface area contributed by atoms with Crippen LogP contribution in [0, 0.1) is 0 Å². The van der Waals surface area contributed by atoms with E-state index in [1.807, 2.05) is 41.3 Å². The number of rotatable bonds is 4. The molecule has 1 saturated heterocycles. The summed E-state index contributed by atoms with van der Waals surface area (Å²) in [7, 11) is 3.50. The highest BCUT2D eigenvalue weighted by Crippen LogP contribution is 2.44. The molecule has 1 aliphatic carbocycles. The van der Waals surface area contributed by atoms with Gasteiger partial charge in [0, 0.05) is 25.6 Å². The summed E-state index contributed by atoms with van der Waals surface area (Å²) in [5, 5.41) is 0. The van der Waals surface area contributed by atoms with E-state index in [4.69, 9.17) is 9.47 Å². The molecule has 37 heavy (non-hydrogen) atoms. The molecule has 6 heteroatoms. The van der Waals surface area contributed by atoms with Gasteiger partial charge in [0.25, 0.3) is 5.91 Å². The van der Waals surface area contributed by atoms with Crippen molar-refractivity contribution in [2.24, 2.45) is 0 Å². The minimum atomic E-state index is -0.289. The number of ether oxygens (including phenoxy) is 2. The van der Waals surface area contributed by atoms with Gasteiger partial charge >= 0.3 is 6.09 Å². The molecule has 6 rings (SSSR count). The van der Waals surface area contributed by atoms with Crippen molar-refractivity contribution in [2.75, 3.05) is 33.9 Å². The largest absolute Gasteiger partial charge is 0.448 e. The zero-order chi connectivity index (χ0) is 25.5. The van der Waals surface area contributed by atoms with Gasteiger partial charge in [0.05, 0.1) is 25.3 Å². The van der Waals surface area contributed by atoms with Crippen LogP contribution < -0.4 is 0 Å². The lowest BCUT2D eigenvalue weighted by molar-refractivity contribution is -0.0331. The van der Waals surface area contributed by atoms with E-state index in [1.165, 1.54) is 27.8 Å². The molecule has 2 unspecified atom stereocenters. The van der Waals surface area contributed by atoms with Crippen molar-refractivity contribution in [1.82, 2.24) is 9.80 Å². The quantitative estimate of drug-likeness (QED) is 0.501. The fourth-order valence-electron chi connectivity index (χ4n) is 5.85. The molecule has 188 valence electrons. The smallest absolute Gasteiger partial charge is 0.410 e. The molecule has 3 aromatic rings. The van der Waals surface area contributed by atoms with Gasteiger partial charge in [-0.2, -0.15) is 0 Å². The molecule has 0 aromatic heterocycles. The number of hydrogen-bond donors (Lipinski definition) is 0. The van der Waals surface area contributed by atoms with Crippen LogP contribution in [0.5, 0.6) is 0 Å². The first-order valence-corrected chi connectivity index (χ1v) is 12.7. The number of morpholine rings is 1. The van der Waals surface area contributed by atoms with Gasteiger partial charge in [-0.05, 0) is 51.9 Å². The minimum absolute atomic E-state index is 0.0177. The summed E-state index contributed by atoms with van der Waals surface area (Å²) >= 11 is 0. The molecular formula is C31H30N2O4. The summed E-state index contributed by atoms with van der Waals surface area (Å²) in [4.78, 5) is 29.1. The molecule has 1 fully saturated rings. The standard InChI is InChI=1S/C31H30N2O4/c1-32(2)30(34)21-13-11-20(12-14-21)22-15-23-17-36-18-24(16-22)33(23)31(35)37-19-29-27-9-5-3-7-25(27)26-8-4-6-10-28(26)29/h3-15,23-24,29H,16-19H2,1-2H3. The van der Waals surface area contributed by atoms with Gasteiger partial charge in [0.2, 0.25) is 0 Å². The number of carbonyl (C=O) groups excluding carboxylic acids is 2. The van der Waals surface area contributed by atoms with Crippen LogP contribution in [0.25, 0.3) is 16.7 Å². The van der Waals surface area contributed by atoms with E-state index in [1.54, 1.807) is 19.0 Å². The monoisotopic (exact) mass is 494 g/mol. The van der Waals surface area contributed by atoms with Crippen molar-refractivity contribution in [2.45, 2.75) is 24.4 Å².